The first-order valence-electron chi connectivity index (χ1n) is 8.64. The topological polar surface area (TPSA) is 52.6 Å². The van der Waals surface area contributed by atoms with Crippen LogP contribution in [-0.4, -0.2) is 30.1 Å². The summed E-state index contributed by atoms with van der Waals surface area (Å²) in [5.74, 6) is -4.21. The summed E-state index contributed by atoms with van der Waals surface area (Å²) in [6.07, 6.45) is 2.54. The molecule has 0 rings (SSSR count). The Labute approximate surface area is 144 Å². The summed E-state index contributed by atoms with van der Waals surface area (Å²) in [4.78, 5) is 24.0. The average Bonchev–Trinajstić information content (AvgIpc) is 2.50. The lowest BCUT2D eigenvalue weighted by Gasteiger charge is -2.31. The standard InChI is InChI=1S/C18H32F2O4/c1-7-16(4,5)11-10-14(21)24-18(8-2,9-3)12-15(22)23-13-17(6,19)20/h7-13H2,1-6H3. The number of hydrogen-bond acceptors (Lipinski definition) is 4. The maximum atomic E-state index is 12.8. The van der Waals surface area contributed by atoms with Crippen molar-refractivity contribution in [2.75, 3.05) is 6.61 Å². The Kier molecular flexibility index (Phi) is 8.86. The summed E-state index contributed by atoms with van der Waals surface area (Å²) in [7, 11) is 0. The van der Waals surface area contributed by atoms with E-state index in [2.05, 4.69) is 25.5 Å². The Morgan fingerprint density at radius 3 is 1.88 bits per heavy atom. The van der Waals surface area contributed by atoms with Crippen LogP contribution in [-0.2, 0) is 19.1 Å². The van der Waals surface area contributed by atoms with Crippen molar-refractivity contribution >= 4 is 11.9 Å². The van der Waals surface area contributed by atoms with Gasteiger partial charge in [-0.2, -0.15) is 0 Å². The summed E-state index contributed by atoms with van der Waals surface area (Å²) in [6.45, 7) is 9.54. The molecule has 0 saturated heterocycles. The predicted molar refractivity (Wildman–Crippen MR) is 88.9 cm³/mol. The highest BCUT2D eigenvalue weighted by Gasteiger charge is 2.35. The first-order chi connectivity index (χ1) is 10.9. The summed E-state index contributed by atoms with van der Waals surface area (Å²) in [5.41, 5.74) is -0.945. The molecular weight excluding hydrogens is 318 g/mol. The number of ether oxygens (including phenoxy) is 2. The predicted octanol–water partition coefficient (Wildman–Crippen LogP) is 4.89. The quantitative estimate of drug-likeness (QED) is 0.498. The van der Waals surface area contributed by atoms with E-state index in [9.17, 15) is 18.4 Å². The third-order valence-corrected chi connectivity index (χ3v) is 4.54. The summed E-state index contributed by atoms with van der Waals surface area (Å²) in [5, 5.41) is 0. The smallest absolute Gasteiger partial charge is 0.310 e. The van der Waals surface area contributed by atoms with Gasteiger partial charge in [-0.25, -0.2) is 8.78 Å². The molecule has 0 aromatic carbocycles. The molecule has 0 fully saturated rings. The minimum Gasteiger partial charge on any atom is -0.459 e. The highest BCUT2D eigenvalue weighted by molar-refractivity contribution is 5.73. The second-order valence-electron chi connectivity index (χ2n) is 7.29. The lowest BCUT2D eigenvalue weighted by Crippen LogP contribution is -2.38. The molecule has 0 saturated carbocycles. The van der Waals surface area contributed by atoms with E-state index >= 15 is 0 Å². The molecule has 24 heavy (non-hydrogen) atoms. The van der Waals surface area contributed by atoms with Gasteiger partial charge in [-0.3, -0.25) is 9.59 Å². The van der Waals surface area contributed by atoms with E-state index in [0.717, 1.165) is 6.42 Å². The molecule has 142 valence electrons. The monoisotopic (exact) mass is 350 g/mol. The highest BCUT2D eigenvalue weighted by atomic mass is 19.3. The Balaban J connectivity index is 4.69. The number of esters is 2. The molecule has 0 aliphatic carbocycles. The van der Waals surface area contributed by atoms with Gasteiger partial charge in [0.1, 0.15) is 5.60 Å². The van der Waals surface area contributed by atoms with Crippen molar-refractivity contribution in [3.05, 3.63) is 0 Å². The molecule has 0 spiro atoms. The van der Waals surface area contributed by atoms with Crippen LogP contribution in [0.3, 0.4) is 0 Å². The summed E-state index contributed by atoms with van der Waals surface area (Å²) in [6, 6.07) is 0. The van der Waals surface area contributed by atoms with Crippen LogP contribution in [0.25, 0.3) is 0 Å². The van der Waals surface area contributed by atoms with Crippen molar-refractivity contribution in [3.63, 3.8) is 0 Å². The molecule has 0 amide bonds. The SMILES string of the molecule is CCC(C)(C)CCC(=O)OC(CC)(CC)CC(=O)OCC(C)(F)F. The van der Waals surface area contributed by atoms with Crippen LogP contribution >= 0.6 is 0 Å². The molecule has 0 aromatic heterocycles. The van der Waals surface area contributed by atoms with E-state index in [1.54, 1.807) is 13.8 Å². The fourth-order valence-electron chi connectivity index (χ4n) is 2.11. The van der Waals surface area contributed by atoms with E-state index in [0.29, 0.717) is 26.2 Å². The van der Waals surface area contributed by atoms with Crippen LogP contribution < -0.4 is 0 Å². The van der Waals surface area contributed by atoms with Crippen molar-refractivity contribution in [3.8, 4) is 0 Å². The Bertz CT molecular complexity index is 410. The number of alkyl halides is 2. The zero-order valence-electron chi connectivity index (χ0n) is 15.8. The van der Waals surface area contributed by atoms with Gasteiger partial charge in [0, 0.05) is 13.3 Å². The van der Waals surface area contributed by atoms with Crippen molar-refractivity contribution in [2.24, 2.45) is 5.41 Å². The van der Waals surface area contributed by atoms with Gasteiger partial charge < -0.3 is 9.47 Å². The highest BCUT2D eigenvalue weighted by Crippen LogP contribution is 2.30. The third kappa shape index (κ3) is 9.18. The Morgan fingerprint density at radius 1 is 0.917 bits per heavy atom. The molecule has 0 radical (unpaired) electrons. The van der Waals surface area contributed by atoms with Crippen LogP contribution in [0, 0.1) is 5.41 Å². The van der Waals surface area contributed by atoms with Gasteiger partial charge in [-0.05, 0) is 24.7 Å². The van der Waals surface area contributed by atoms with Crippen LogP contribution in [0.15, 0.2) is 0 Å². The Morgan fingerprint density at radius 2 is 1.46 bits per heavy atom. The molecule has 0 bridgehead atoms. The van der Waals surface area contributed by atoms with Crippen LogP contribution in [0.1, 0.15) is 80.1 Å². The molecule has 4 nitrogen and oxygen atoms in total. The second-order valence-corrected chi connectivity index (χ2v) is 7.29. The molecule has 0 aliphatic heterocycles. The maximum Gasteiger partial charge on any atom is 0.310 e. The van der Waals surface area contributed by atoms with Gasteiger partial charge >= 0.3 is 11.9 Å². The normalized spacial score (nSPS) is 12.8. The van der Waals surface area contributed by atoms with Crippen molar-refractivity contribution in [1.29, 1.82) is 0 Å². The first-order valence-corrected chi connectivity index (χ1v) is 8.64. The maximum absolute atomic E-state index is 12.8. The van der Waals surface area contributed by atoms with Gasteiger partial charge in [-0.1, -0.05) is 41.0 Å². The van der Waals surface area contributed by atoms with Gasteiger partial charge in [-0.15, -0.1) is 0 Å². The van der Waals surface area contributed by atoms with Crippen LogP contribution in [0.4, 0.5) is 8.78 Å². The van der Waals surface area contributed by atoms with E-state index in [4.69, 9.17) is 4.74 Å². The zero-order chi connectivity index (χ0) is 19.0. The van der Waals surface area contributed by atoms with Gasteiger partial charge in [0.2, 0.25) is 0 Å². The number of halogens is 2. The molecular formula is C18H32F2O4. The fourth-order valence-corrected chi connectivity index (χ4v) is 2.11. The third-order valence-electron chi connectivity index (χ3n) is 4.54. The molecule has 6 heteroatoms. The summed E-state index contributed by atoms with van der Waals surface area (Å²) < 4.78 is 35.7. The van der Waals surface area contributed by atoms with Crippen molar-refractivity contribution in [1.82, 2.24) is 0 Å². The molecule has 0 unspecified atom stereocenters. The van der Waals surface area contributed by atoms with E-state index in [1.807, 2.05) is 0 Å². The molecule has 0 aliphatic rings. The van der Waals surface area contributed by atoms with E-state index < -0.39 is 24.1 Å². The molecule has 0 atom stereocenters. The van der Waals surface area contributed by atoms with Crippen LogP contribution in [0.5, 0.6) is 0 Å². The first kappa shape index (κ1) is 22.8. The number of carbonyl (C=O) groups excluding carboxylic acids is 2. The lowest BCUT2D eigenvalue weighted by atomic mass is 9.85. The number of hydrogen-bond donors (Lipinski definition) is 0. The number of carbonyl (C=O) groups is 2. The average molecular weight is 350 g/mol. The Hall–Kier alpha value is -1.20. The van der Waals surface area contributed by atoms with Gasteiger partial charge in [0.25, 0.3) is 5.92 Å². The van der Waals surface area contributed by atoms with Crippen LogP contribution in [0.2, 0.25) is 0 Å². The molecule has 0 heterocycles. The van der Waals surface area contributed by atoms with Crippen molar-refractivity contribution < 1.29 is 27.8 Å². The number of rotatable bonds is 11. The van der Waals surface area contributed by atoms with E-state index in [1.165, 1.54) is 0 Å². The molecule has 0 N–H and O–H groups in total. The molecule has 0 aromatic rings. The summed E-state index contributed by atoms with van der Waals surface area (Å²) >= 11 is 0. The lowest BCUT2D eigenvalue weighted by molar-refractivity contribution is -0.172. The zero-order valence-corrected chi connectivity index (χ0v) is 15.8. The van der Waals surface area contributed by atoms with Gasteiger partial charge in [0.05, 0.1) is 6.42 Å². The van der Waals surface area contributed by atoms with Gasteiger partial charge in [0.15, 0.2) is 6.61 Å². The van der Waals surface area contributed by atoms with E-state index in [-0.39, 0.29) is 24.2 Å². The largest absolute Gasteiger partial charge is 0.459 e. The fraction of sp³-hybridized carbons (Fsp3) is 0.889. The minimum atomic E-state index is -3.07. The minimum absolute atomic E-state index is 0.0474. The van der Waals surface area contributed by atoms with Crippen molar-refractivity contribution in [2.45, 2.75) is 91.6 Å². The second kappa shape index (κ2) is 9.33.